The lowest BCUT2D eigenvalue weighted by Gasteiger charge is -2.39. The average molecular weight is 401 g/mol. The second kappa shape index (κ2) is 9.44. The van der Waals surface area contributed by atoms with E-state index < -0.39 is 0 Å². The zero-order valence-corrected chi connectivity index (χ0v) is 17.7. The van der Waals surface area contributed by atoms with E-state index in [4.69, 9.17) is 16.3 Å². The van der Waals surface area contributed by atoms with Crippen molar-refractivity contribution in [1.29, 1.82) is 0 Å². The molecular formula is C23H29ClN2O2. The second-order valence-electron chi connectivity index (χ2n) is 7.66. The summed E-state index contributed by atoms with van der Waals surface area (Å²) in [6, 6.07) is 16.0. The monoisotopic (exact) mass is 400 g/mol. The highest BCUT2D eigenvalue weighted by Gasteiger charge is 2.30. The third-order valence-electron chi connectivity index (χ3n) is 5.34. The Morgan fingerprint density at radius 1 is 1.18 bits per heavy atom. The van der Waals surface area contributed by atoms with Crippen LogP contribution in [0.4, 0.5) is 5.69 Å². The van der Waals surface area contributed by atoms with Crippen LogP contribution in [0.3, 0.4) is 0 Å². The first-order chi connectivity index (χ1) is 13.5. The number of methoxy groups -OCH3 is 1. The molecule has 0 bridgehead atoms. The molecule has 1 heterocycles. The van der Waals surface area contributed by atoms with Gasteiger partial charge in [-0.25, -0.2) is 0 Å². The summed E-state index contributed by atoms with van der Waals surface area (Å²) in [6.07, 6.45) is 1.89. The fourth-order valence-electron chi connectivity index (χ4n) is 3.76. The Labute approximate surface area is 173 Å². The Morgan fingerprint density at radius 2 is 1.89 bits per heavy atom. The first kappa shape index (κ1) is 20.7. The smallest absolute Gasteiger partial charge is 0.229 e. The molecule has 0 unspecified atom stereocenters. The van der Waals surface area contributed by atoms with Crippen LogP contribution in [0.2, 0.25) is 5.02 Å². The SMILES string of the molecule is COc1cccc(N(C(=O)C(C)C)C2CCN(Cc3ccccc3Cl)CC2)c1. The van der Waals surface area contributed by atoms with Gasteiger partial charge in [-0.05, 0) is 36.6 Å². The van der Waals surface area contributed by atoms with Gasteiger partial charge in [0.2, 0.25) is 5.91 Å². The lowest BCUT2D eigenvalue weighted by atomic mass is 9.99. The number of anilines is 1. The van der Waals surface area contributed by atoms with E-state index in [0.29, 0.717) is 0 Å². The van der Waals surface area contributed by atoms with Crippen LogP contribution in [0.15, 0.2) is 48.5 Å². The van der Waals surface area contributed by atoms with Crippen molar-refractivity contribution in [3.8, 4) is 5.75 Å². The number of amides is 1. The maximum atomic E-state index is 13.0. The molecule has 0 aliphatic carbocycles. The summed E-state index contributed by atoms with van der Waals surface area (Å²) in [7, 11) is 1.65. The number of rotatable bonds is 6. The number of piperidine rings is 1. The average Bonchev–Trinajstić information content (AvgIpc) is 2.71. The number of hydrogen-bond acceptors (Lipinski definition) is 3. The zero-order valence-electron chi connectivity index (χ0n) is 16.9. The molecular weight excluding hydrogens is 372 g/mol. The van der Waals surface area contributed by atoms with E-state index in [0.717, 1.165) is 54.5 Å². The number of nitrogens with zero attached hydrogens (tertiary/aromatic N) is 2. The predicted molar refractivity (Wildman–Crippen MR) is 115 cm³/mol. The molecule has 5 heteroatoms. The fraction of sp³-hybridized carbons (Fsp3) is 0.435. The molecule has 28 heavy (non-hydrogen) atoms. The number of carbonyl (C=O) groups is 1. The van der Waals surface area contributed by atoms with Gasteiger partial charge in [-0.2, -0.15) is 0 Å². The zero-order chi connectivity index (χ0) is 20.1. The quantitative estimate of drug-likeness (QED) is 0.683. The van der Waals surface area contributed by atoms with Gasteiger partial charge in [0.25, 0.3) is 0 Å². The minimum absolute atomic E-state index is 0.0487. The Kier molecular flexibility index (Phi) is 6.97. The molecule has 2 aromatic carbocycles. The third kappa shape index (κ3) is 4.86. The molecule has 0 N–H and O–H groups in total. The van der Waals surface area contributed by atoms with E-state index in [-0.39, 0.29) is 17.9 Å². The van der Waals surface area contributed by atoms with Gasteiger partial charge in [0, 0.05) is 48.4 Å². The first-order valence-corrected chi connectivity index (χ1v) is 10.3. The van der Waals surface area contributed by atoms with Gasteiger partial charge in [-0.1, -0.05) is 49.7 Å². The number of likely N-dealkylation sites (tertiary alicyclic amines) is 1. The summed E-state index contributed by atoms with van der Waals surface area (Å²) in [4.78, 5) is 17.4. The summed E-state index contributed by atoms with van der Waals surface area (Å²) < 4.78 is 5.37. The van der Waals surface area contributed by atoms with Crippen molar-refractivity contribution < 1.29 is 9.53 Å². The molecule has 1 saturated heterocycles. The summed E-state index contributed by atoms with van der Waals surface area (Å²) in [5.74, 6) is 0.889. The molecule has 0 radical (unpaired) electrons. The molecule has 0 aromatic heterocycles. The van der Waals surface area contributed by atoms with Gasteiger partial charge >= 0.3 is 0 Å². The van der Waals surface area contributed by atoms with Crippen LogP contribution < -0.4 is 9.64 Å². The van der Waals surface area contributed by atoms with E-state index >= 15 is 0 Å². The maximum Gasteiger partial charge on any atom is 0.229 e. The fourth-order valence-corrected chi connectivity index (χ4v) is 3.96. The summed E-state index contributed by atoms with van der Waals surface area (Å²) in [6.45, 7) is 6.66. The standard InChI is InChI=1S/C23H29ClN2O2/c1-17(2)23(27)26(20-8-6-9-21(15-20)28-3)19-11-13-25(14-12-19)16-18-7-4-5-10-22(18)24/h4-10,15,17,19H,11-14,16H2,1-3H3. The maximum absolute atomic E-state index is 13.0. The van der Waals surface area contributed by atoms with Crippen molar-refractivity contribution in [3.63, 3.8) is 0 Å². The van der Waals surface area contributed by atoms with Gasteiger partial charge in [-0.15, -0.1) is 0 Å². The molecule has 0 saturated carbocycles. The normalized spacial score (nSPS) is 15.6. The summed E-state index contributed by atoms with van der Waals surface area (Å²) in [5, 5.41) is 0.817. The van der Waals surface area contributed by atoms with Gasteiger partial charge in [0.15, 0.2) is 0 Å². The third-order valence-corrected chi connectivity index (χ3v) is 5.71. The number of ether oxygens (including phenoxy) is 1. The molecule has 1 amide bonds. The second-order valence-corrected chi connectivity index (χ2v) is 8.07. The molecule has 1 aliphatic rings. The first-order valence-electron chi connectivity index (χ1n) is 9.92. The van der Waals surface area contributed by atoms with E-state index in [2.05, 4.69) is 11.0 Å². The van der Waals surface area contributed by atoms with Crippen molar-refractivity contribution in [3.05, 3.63) is 59.1 Å². The van der Waals surface area contributed by atoms with E-state index in [1.807, 2.05) is 61.2 Å². The number of carbonyl (C=O) groups excluding carboxylic acids is 1. The van der Waals surface area contributed by atoms with Crippen LogP contribution in [0.5, 0.6) is 5.75 Å². The highest BCUT2D eigenvalue weighted by atomic mass is 35.5. The van der Waals surface area contributed by atoms with Gasteiger partial charge in [-0.3, -0.25) is 9.69 Å². The van der Waals surface area contributed by atoms with Crippen LogP contribution >= 0.6 is 11.6 Å². The minimum Gasteiger partial charge on any atom is -0.497 e. The van der Waals surface area contributed by atoms with Crippen LogP contribution in [-0.4, -0.2) is 37.0 Å². The van der Waals surface area contributed by atoms with Crippen molar-refractivity contribution >= 4 is 23.2 Å². The number of hydrogen-bond donors (Lipinski definition) is 0. The number of halogens is 1. The molecule has 0 atom stereocenters. The van der Waals surface area contributed by atoms with Crippen molar-refractivity contribution in [2.45, 2.75) is 39.3 Å². The largest absolute Gasteiger partial charge is 0.497 e. The van der Waals surface area contributed by atoms with Crippen molar-refractivity contribution in [2.75, 3.05) is 25.1 Å². The van der Waals surface area contributed by atoms with E-state index in [1.54, 1.807) is 7.11 Å². The number of benzene rings is 2. The highest BCUT2D eigenvalue weighted by Crippen LogP contribution is 2.29. The molecule has 2 aromatic rings. The topological polar surface area (TPSA) is 32.8 Å². The van der Waals surface area contributed by atoms with Crippen LogP contribution in [0.1, 0.15) is 32.3 Å². The predicted octanol–water partition coefficient (Wildman–Crippen LogP) is 5.00. The van der Waals surface area contributed by atoms with Gasteiger partial charge in [0.1, 0.15) is 5.75 Å². The van der Waals surface area contributed by atoms with Crippen LogP contribution in [-0.2, 0) is 11.3 Å². The molecule has 4 nitrogen and oxygen atoms in total. The Balaban J connectivity index is 1.72. The van der Waals surface area contributed by atoms with Crippen molar-refractivity contribution in [1.82, 2.24) is 4.90 Å². The van der Waals surface area contributed by atoms with Crippen molar-refractivity contribution in [2.24, 2.45) is 5.92 Å². The van der Waals surface area contributed by atoms with Gasteiger partial charge < -0.3 is 9.64 Å². The lowest BCUT2D eigenvalue weighted by Crippen LogP contribution is -2.48. The highest BCUT2D eigenvalue weighted by molar-refractivity contribution is 6.31. The van der Waals surface area contributed by atoms with Gasteiger partial charge in [0.05, 0.1) is 7.11 Å². The minimum atomic E-state index is -0.0487. The summed E-state index contributed by atoms with van der Waals surface area (Å²) >= 11 is 6.32. The van der Waals surface area contributed by atoms with E-state index in [9.17, 15) is 4.79 Å². The molecule has 1 fully saturated rings. The Morgan fingerprint density at radius 3 is 2.54 bits per heavy atom. The molecule has 0 spiro atoms. The summed E-state index contributed by atoms with van der Waals surface area (Å²) in [5.41, 5.74) is 2.08. The Bertz CT molecular complexity index is 801. The lowest BCUT2D eigenvalue weighted by molar-refractivity contribution is -0.122. The Hall–Kier alpha value is -2.04. The van der Waals surface area contributed by atoms with E-state index in [1.165, 1.54) is 0 Å². The molecule has 150 valence electrons. The molecule has 1 aliphatic heterocycles. The van der Waals surface area contributed by atoms with Crippen LogP contribution in [0.25, 0.3) is 0 Å². The molecule has 3 rings (SSSR count). The van der Waals surface area contributed by atoms with Crippen LogP contribution in [0, 0.1) is 5.92 Å².